The lowest BCUT2D eigenvalue weighted by Gasteiger charge is -2.33. The second-order valence-corrected chi connectivity index (χ2v) is 6.99. The maximum Gasteiger partial charge on any atom is 0.344 e. The molecule has 0 aliphatic carbocycles. The van der Waals surface area contributed by atoms with Crippen LogP contribution in [-0.4, -0.2) is 19.2 Å². The SMILES string of the molecule is COc1ccc(-c2cc3ccc(N(C(C)C)C(C)C)cc3oc2=O)cc1. The first-order valence-electron chi connectivity index (χ1n) is 8.91. The van der Waals surface area contributed by atoms with Gasteiger partial charge in [-0.15, -0.1) is 0 Å². The smallest absolute Gasteiger partial charge is 0.344 e. The fourth-order valence-electron chi connectivity index (χ4n) is 3.42. The minimum atomic E-state index is -0.333. The highest BCUT2D eigenvalue weighted by molar-refractivity contribution is 5.84. The van der Waals surface area contributed by atoms with E-state index in [-0.39, 0.29) is 5.63 Å². The van der Waals surface area contributed by atoms with Crippen molar-refractivity contribution in [2.24, 2.45) is 0 Å². The topological polar surface area (TPSA) is 42.7 Å². The monoisotopic (exact) mass is 351 g/mol. The largest absolute Gasteiger partial charge is 0.497 e. The molecular weight excluding hydrogens is 326 g/mol. The molecule has 0 aliphatic rings. The molecule has 3 aromatic rings. The maximum atomic E-state index is 12.5. The molecule has 0 N–H and O–H groups in total. The summed E-state index contributed by atoms with van der Waals surface area (Å²) in [5, 5.41) is 0.909. The van der Waals surface area contributed by atoms with Crippen molar-refractivity contribution >= 4 is 16.7 Å². The van der Waals surface area contributed by atoms with Crippen molar-refractivity contribution in [1.29, 1.82) is 0 Å². The molecular formula is C22H25NO3. The summed E-state index contributed by atoms with van der Waals surface area (Å²) < 4.78 is 10.8. The lowest BCUT2D eigenvalue weighted by atomic mass is 10.1. The summed E-state index contributed by atoms with van der Waals surface area (Å²) in [4.78, 5) is 14.8. The van der Waals surface area contributed by atoms with E-state index in [1.807, 2.05) is 42.5 Å². The molecule has 0 amide bonds. The first-order valence-corrected chi connectivity index (χ1v) is 8.91. The molecule has 1 aromatic heterocycles. The number of hydrogen-bond acceptors (Lipinski definition) is 4. The van der Waals surface area contributed by atoms with Crippen LogP contribution in [0, 0.1) is 0 Å². The molecule has 0 radical (unpaired) electrons. The zero-order chi connectivity index (χ0) is 18.8. The van der Waals surface area contributed by atoms with Crippen LogP contribution in [0.1, 0.15) is 27.7 Å². The molecule has 26 heavy (non-hydrogen) atoms. The van der Waals surface area contributed by atoms with Gasteiger partial charge in [-0.1, -0.05) is 12.1 Å². The Morgan fingerprint density at radius 3 is 2.15 bits per heavy atom. The summed E-state index contributed by atoms with van der Waals surface area (Å²) in [5.74, 6) is 0.756. The summed E-state index contributed by atoms with van der Waals surface area (Å²) >= 11 is 0. The van der Waals surface area contributed by atoms with Crippen LogP contribution in [0.3, 0.4) is 0 Å². The Kier molecular flexibility index (Phi) is 5.03. The Bertz CT molecular complexity index is 947. The van der Waals surface area contributed by atoms with Crippen molar-refractivity contribution in [3.05, 3.63) is 59.0 Å². The molecule has 0 saturated heterocycles. The van der Waals surface area contributed by atoms with Crippen LogP contribution in [-0.2, 0) is 0 Å². The Morgan fingerprint density at radius 2 is 1.58 bits per heavy atom. The van der Waals surface area contributed by atoms with Crippen LogP contribution in [0.2, 0.25) is 0 Å². The van der Waals surface area contributed by atoms with E-state index in [1.54, 1.807) is 7.11 Å². The van der Waals surface area contributed by atoms with Crippen LogP contribution in [0.4, 0.5) is 5.69 Å². The van der Waals surface area contributed by atoms with E-state index in [0.29, 0.717) is 23.2 Å². The highest BCUT2D eigenvalue weighted by Crippen LogP contribution is 2.28. The summed E-state index contributed by atoms with van der Waals surface area (Å²) in [5.41, 5.74) is 2.70. The molecule has 0 saturated carbocycles. The molecule has 4 nitrogen and oxygen atoms in total. The lowest BCUT2D eigenvalue weighted by molar-refractivity contribution is 0.415. The van der Waals surface area contributed by atoms with Crippen molar-refractivity contribution in [1.82, 2.24) is 0 Å². The highest BCUT2D eigenvalue weighted by atomic mass is 16.5. The quantitative estimate of drug-likeness (QED) is 0.600. The van der Waals surface area contributed by atoms with Crippen molar-refractivity contribution < 1.29 is 9.15 Å². The second kappa shape index (κ2) is 7.24. The number of nitrogens with zero attached hydrogens (tertiary/aromatic N) is 1. The summed E-state index contributed by atoms with van der Waals surface area (Å²) in [6, 6.07) is 16.1. The van der Waals surface area contributed by atoms with Crippen LogP contribution >= 0.6 is 0 Å². The second-order valence-electron chi connectivity index (χ2n) is 6.99. The van der Waals surface area contributed by atoms with Crippen molar-refractivity contribution in [3.8, 4) is 16.9 Å². The number of ether oxygens (including phenoxy) is 1. The zero-order valence-electron chi connectivity index (χ0n) is 15.9. The molecule has 2 aromatic carbocycles. The number of benzene rings is 2. The van der Waals surface area contributed by atoms with E-state index < -0.39 is 0 Å². The molecule has 0 unspecified atom stereocenters. The third kappa shape index (κ3) is 3.45. The fraction of sp³-hybridized carbons (Fsp3) is 0.318. The normalized spacial score (nSPS) is 11.3. The number of methoxy groups -OCH3 is 1. The minimum Gasteiger partial charge on any atom is -0.497 e. The first-order chi connectivity index (χ1) is 12.4. The average molecular weight is 351 g/mol. The molecule has 0 bridgehead atoms. The summed E-state index contributed by atoms with van der Waals surface area (Å²) in [6.07, 6.45) is 0. The van der Waals surface area contributed by atoms with Gasteiger partial charge in [0, 0.05) is 29.2 Å². The van der Waals surface area contributed by atoms with Gasteiger partial charge in [0.25, 0.3) is 0 Å². The summed E-state index contributed by atoms with van der Waals surface area (Å²) in [7, 11) is 1.62. The van der Waals surface area contributed by atoms with Crippen molar-refractivity contribution in [2.75, 3.05) is 12.0 Å². The van der Waals surface area contributed by atoms with E-state index in [2.05, 4.69) is 38.7 Å². The third-order valence-corrected chi connectivity index (χ3v) is 4.53. The molecule has 0 spiro atoms. The van der Waals surface area contributed by atoms with Crippen LogP contribution < -0.4 is 15.3 Å². The first kappa shape index (κ1) is 18.1. The predicted octanol–water partition coefficient (Wildman–Crippen LogP) is 5.09. The molecule has 1 heterocycles. The number of anilines is 1. The average Bonchev–Trinajstić information content (AvgIpc) is 2.60. The predicted molar refractivity (Wildman–Crippen MR) is 107 cm³/mol. The number of hydrogen-bond donors (Lipinski definition) is 0. The molecule has 0 aliphatic heterocycles. The van der Waals surface area contributed by atoms with E-state index in [4.69, 9.17) is 9.15 Å². The number of fused-ring (bicyclic) bond motifs is 1. The van der Waals surface area contributed by atoms with Gasteiger partial charge in [-0.25, -0.2) is 4.79 Å². The van der Waals surface area contributed by atoms with Crippen molar-refractivity contribution in [2.45, 2.75) is 39.8 Å². The minimum absolute atomic E-state index is 0.333. The summed E-state index contributed by atoms with van der Waals surface area (Å²) in [6.45, 7) is 8.64. The molecule has 136 valence electrons. The van der Waals surface area contributed by atoms with Crippen LogP contribution in [0.15, 0.2) is 57.7 Å². The fourth-order valence-corrected chi connectivity index (χ4v) is 3.42. The van der Waals surface area contributed by atoms with Gasteiger partial charge in [-0.2, -0.15) is 0 Å². The Hall–Kier alpha value is -2.75. The van der Waals surface area contributed by atoms with Crippen LogP contribution in [0.25, 0.3) is 22.1 Å². The molecule has 3 rings (SSSR count). The van der Waals surface area contributed by atoms with Gasteiger partial charge in [-0.3, -0.25) is 0 Å². The highest BCUT2D eigenvalue weighted by Gasteiger charge is 2.16. The molecule has 4 heteroatoms. The van der Waals surface area contributed by atoms with E-state index in [0.717, 1.165) is 22.4 Å². The maximum absolute atomic E-state index is 12.5. The third-order valence-electron chi connectivity index (χ3n) is 4.53. The Morgan fingerprint density at radius 1 is 0.923 bits per heavy atom. The Balaban J connectivity index is 2.07. The van der Waals surface area contributed by atoms with Crippen molar-refractivity contribution in [3.63, 3.8) is 0 Å². The van der Waals surface area contributed by atoms with E-state index in [1.165, 1.54) is 0 Å². The van der Waals surface area contributed by atoms with Crippen LogP contribution in [0.5, 0.6) is 5.75 Å². The van der Waals surface area contributed by atoms with Gasteiger partial charge in [0.1, 0.15) is 11.3 Å². The number of rotatable bonds is 5. The standard InChI is InChI=1S/C22H25NO3/c1-14(2)23(15(3)4)18-9-6-17-12-20(22(24)26-21(17)13-18)16-7-10-19(25-5)11-8-16/h6-15H,1-5H3. The molecule has 0 atom stereocenters. The van der Waals surface area contributed by atoms with Gasteiger partial charge in [0.05, 0.1) is 12.7 Å². The molecule has 0 fully saturated rings. The lowest BCUT2D eigenvalue weighted by Crippen LogP contribution is -2.36. The van der Waals surface area contributed by atoms with E-state index in [9.17, 15) is 4.79 Å². The zero-order valence-corrected chi connectivity index (χ0v) is 15.9. The van der Waals surface area contributed by atoms with Gasteiger partial charge in [-0.05, 0) is 63.6 Å². The van der Waals surface area contributed by atoms with Gasteiger partial charge in [0.15, 0.2) is 0 Å². The van der Waals surface area contributed by atoms with Gasteiger partial charge in [0.2, 0.25) is 0 Å². The van der Waals surface area contributed by atoms with Gasteiger partial charge < -0.3 is 14.1 Å². The van der Waals surface area contributed by atoms with Gasteiger partial charge >= 0.3 is 5.63 Å². The Labute approximate surface area is 154 Å². The van der Waals surface area contributed by atoms with E-state index >= 15 is 0 Å².